The summed E-state index contributed by atoms with van der Waals surface area (Å²) in [7, 11) is 1.33. The molecule has 24 heavy (non-hydrogen) atoms. The lowest BCUT2D eigenvalue weighted by molar-refractivity contribution is 0.173. The summed E-state index contributed by atoms with van der Waals surface area (Å²) in [5.74, 6) is 0. The minimum atomic E-state index is -0.526. The first-order valence-electron chi connectivity index (χ1n) is 7.80. The number of aryl methyl sites for hydroxylation is 3. The van der Waals surface area contributed by atoms with Crippen molar-refractivity contribution in [2.24, 2.45) is 0 Å². The van der Waals surface area contributed by atoms with E-state index in [1.165, 1.54) is 23.6 Å². The summed E-state index contributed by atoms with van der Waals surface area (Å²) >= 11 is 0. The third kappa shape index (κ3) is 2.80. The number of carbonyl (C=O) groups excluding carboxylic acids is 1. The molecule has 5 nitrogen and oxygen atoms in total. The van der Waals surface area contributed by atoms with Crippen molar-refractivity contribution in [3.05, 3.63) is 53.2 Å². The number of aromatic amines is 1. The summed E-state index contributed by atoms with van der Waals surface area (Å²) < 4.78 is 4.56. The van der Waals surface area contributed by atoms with E-state index in [-0.39, 0.29) is 0 Å². The van der Waals surface area contributed by atoms with Crippen molar-refractivity contribution in [2.75, 3.05) is 12.5 Å². The van der Waals surface area contributed by atoms with Crippen LogP contribution in [0.1, 0.15) is 16.8 Å². The highest BCUT2D eigenvalue weighted by Gasteiger charge is 2.15. The molecule has 1 heterocycles. The molecular formula is C19H21N3O2. The average molecular weight is 323 g/mol. The molecule has 3 N–H and O–H groups in total. The Kier molecular flexibility index (Phi) is 4.16. The zero-order valence-electron chi connectivity index (χ0n) is 14.3. The molecule has 3 rings (SSSR count). The van der Waals surface area contributed by atoms with Crippen LogP contribution in [0.5, 0.6) is 0 Å². The van der Waals surface area contributed by atoms with Gasteiger partial charge >= 0.3 is 6.09 Å². The molecule has 0 fully saturated rings. The number of rotatable bonds is 3. The number of aromatic nitrogens is 1. The summed E-state index contributed by atoms with van der Waals surface area (Å²) in [4.78, 5) is 14.7. The van der Waals surface area contributed by atoms with Gasteiger partial charge in [0.1, 0.15) is 0 Å². The van der Waals surface area contributed by atoms with Crippen molar-refractivity contribution >= 4 is 22.7 Å². The van der Waals surface area contributed by atoms with E-state index in [1.54, 1.807) is 0 Å². The average Bonchev–Trinajstić information content (AvgIpc) is 2.88. The fraction of sp³-hybridized carbons (Fsp3) is 0.211. The SMILES string of the molecule is COC(=O)NNc1cc(C)c(-c2c(C)[nH]c3ccccc23)c(C)c1. The van der Waals surface area contributed by atoms with Gasteiger partial charge in [0.25, 0.3) is 0 Å². The second-order valence-corrected chi connectivity index (χ2v) is 5.90. The maximum Gasteiger partial charge on any atom is 0.425 e. The van der Waals surface area contributed by atoms with E-state index in [0.717, 1.165) is 28.0 Å². The number of hydrogen-bond acceptors (Lipinski definition) is 3. The number of amides is 1. The van der Waals surface area contributed by atoms with Gasteiger partial charge in [-0.1, -0.05) is 18.2 Å². The zero-order chi connectivity index (χ0) is 17.3. The number of hydrogen-bond donors (Lipinski definition) is 3. The highest BCUT2D eigenvalue weighted by atomic mass is 16.5. The summed E-state index contributed by atoms with van der Waals surface area (Å²) in [6.07, 6.45) is -0.526. The van der Waals surface area contributed by atoms with Gasteiger partial charge < -0.3 is 9.72 Å². The van der Waals surface area contributed by atoms with E-state index in [0.29, 0.717) is 0 Å². The van der Waals surface area contributed by atoms with Crippen LogP contribution >= 0.6 is 0 Å². The number of hydrazine groups is 1. The lowest BCUT2D eigenvalue weighted by Gasteiger charge is -2.15. The number of carbonyl (C=O) groups is 1. The van der Waals surface area contributed by atoms with Gasteiger partial charge in [-0.2, -0.15) is 0 Å². The Morgan fingerprint density at radius 2 is 1.71 bits per heavy atom. The van der Waals surface area contributed by atoms with Gasteiger partial charge in [-0.25, -0.2) is 10.2 Å². The molecule has 0 saturated heterocycles. The first-order valence-corrected chi connectivity index (χ1v) is 7.80. The first-order chi connectivity index (χ1) is 11.5. The summed E-state index contributed by atoms with van der Waals surface area (Å²) in [6.45, 7) is 6.25. The highest BCUT2D eigenvalue weighted by molar-refractivity contribution is 5.99. The predicted octanol–water partition coefficient (Wildman–Crippen LogP) is 4.44. The largest absolute Gasteiger partial charge is 0.452 e. The fourth-order valence-corrected chi connectivity index (χ4v) is 3.20. The van der Waals surface area contributed by atoms with E-state index in [4.69, 9.17) is 0 Å². The van der Waals surface area contributed by atoms with Gasteiger partial charge in [0.15, 0.2) is 0 Å². The standard InChI is InChI=1S/C19H21N3O2/c1-11-9-14(21-22-19(23)24-4)10-12(2)17(11)18-13(3)20-16-8-6-5-7-15(16)18/h5-10,20-21H,1-4H3,(H,22,23). The number of ether oxygens (including phenoxy) is 1. The minimum absolute atomic E-state index is 0.526. The van der Waals surface area contributed by atoms with Crippen molar-refractivity contribution in [1.82, 2.24) is 10.4 Å². The highest BCUT2D eigenvalue weighted by Crippen LogP contribution is 2.37. The number of anilines is 1. The van der Waals surface area contributed by atoms with Crippen molar-refractivity contribution in [1.29, 1.82) is 0 Å². The number of para-hydroxylation sites is 1. The molecule has 0 unspecified atom stereocenters. The van der Waals surface area contributed by atoms with Crippen molar-refractivity contribution in [3.63, 3.8) is 0 Å². The van der Waals surface area contributed by atoms with Crippen molar-refractivity contribution in [3.8, 4) is 11.1 Å². The molecule has 0 atom stereocenters. The molecule has 0 aliphatic rings. The van der Waals surface area contributed by atoms with Crippen LogP contribution in [0.3, 0.4) is 0 Å². The Balaban J connectivity index is 2.05. The van der Waals surface area contributed by atoms with Gasteiger partial charge in [0.2, 0.25) is 0 Å². The molecule has 0 bridgehead atoms. The Labute approximate surface area is 141 Å². The van der Waals surface area contributed by atoms with Crippen molar-refractivity contribution in [2.45, 2.75) is 20.8 Å². The maximum atomic E-state index is 11.2. The van der Waals surface area contributed by atoms with Crippen molar-refractivity contribution < 1.29 is 9.53 Å². The lowest BCUT2D eigenvalue weighted by atomic mass is 9.93. The quantitative estimate of drug-likeness (QED) is 0.624. The molecule has 1 amide bonds. The molecule has 124 valence electrons. The Morgan fingerprint density at radius 3 is 2.38 bits per heavy atom. The fourth-order valence-electron chi connectivity index (χ4n) is 3.20. The smallest absolute Gasteiger partial charge is 0.425 e. The lowest BCUT2D eigenvalue weighted by Crippen LogP contribution is -2.29. The van der Waals surface area contributed by atoms with Crippen LogP contribution in [0.15, 0.2) is 36.4 Å². The van der Waals surface area contributed by atoms with Gasteiger partial charge in [-0.3, -0.25) is 5.43 Å². The van der Waals surface area contributed by atoms with Crippen LogP contribution in [-0.4, -0.2) is 18.2 Å². The van der Waals surface area contributed by atoms with Crippen LogP contribution in [0, 0.1) is 20.8 Å². The first kappa shape index (κ1) is 15.9. The number of methoxy groups -OCH3 is 1. The minimum Gasteiger partial charge on any atom is -0.452 e. The van der Waals surface area contributed by atoms with E-state index in [9.17, 15) is 4.79 Å². The molecule has 2 aromatic carbocycles. The molecule has 0 aliphatic carbocycles. The van der Waals surface area contributed by atoms with Gasteiger partial charge in [0.05, 0.1) is 12.8 Å². The van der Waals surface area contributed by atoms with Crippen LogP contribution < -0.4 is 10.9 Å². The normalized spacial score (nSPS) is 10.7. The van der Waals surface area contributed by atoms with E-state index in [2.05, 4.69) is 59.5 Å². The maximum absolute atomic E-state index is 11.2. The van der Waals surface area contributed by atoms with E-state index >= 15 is 0 Å². The number of nitrogens with one attached hydrogen (secondary N) is 3. The van der Waals surface area contributed by atoms with Gasteiger partial charge in [-0.05, 0) is 55.7 Å². The topological polar surface area (TPSA) is 66.2 Å². The second kappa shape index (κ2) is 6.28. The van der Waals surface area contributed by atoms with E-state index < -0.39 is 6.09 Å². The Bertz CT molecular complexity index is 889. The number of fused-ring (bicyclic) bond motifs is 1. The van der Waals surface area contributed by atoms with Crippen LogP contribution in [-0.2, 0) is 4.74 Å². The molecule has 0 aliphatic heterocycles. The predicted molar refractivity (Wildman–Crippen MR) is 97.1 cm³/mol. The van der Waals surface area contributed by atoms with Crippen LogP contribution in [0.25, 0.3) is 22.0 Å². The monoisotopic (exact) mass is 323 g/mol. The Hall–Kier alpha value is -2.95. The third-order valence-corrected chi connectivity index (χ3v) is 4.17. The summed E-state index contributed by atoms with van der Waals surface area (Å²) in [5.41, 5.74) is 13.2. The van der Waals surface area contributed by atoms with Crippen LogP contribution in [0.4, 0.5) is 10.5 Å². The number of H-pyrrole nitrogens is 1. The number of benzene rings is 2. The molecule has 3 aromatic rings. The molecule has 0 saturated carbocycles. The summed E-state index contributed by atoms with van der Waals surface area (Å²) in [5, 5.41) is 1.22. The molecule has 0 radical (unpaired) electrons. The second-order valence-electron chi connectivity index (χ2n) is 5.90. The molecule has 5 heteroatoms. The zero-order valence-corrected chi connectivity index (χ0v) is 14.3. The van der Waals surface area contributed by atoms with Crippen LogP contribution in [0.2, 0.25) is 0 Å². The van der Waals surface area contributed by atoms with Gasteiger partial charge in [0, 0.05) is 22.2 Å². The van der Waals surface area contributed by atoms with E-state index in [1.807, 2.05) is 18.2 Å². The van der Waals surface area contributed by atoms with Gasteiger partial charge in [-0.15, -0.1) is 0 Å². The molecule has 1 aromatic heterocycles. The molecule has 0 spiro atoms. The third-order valence-electron chi connectivity index (χ3n) is 4.17. The Morgan fingerprint density at radius 1 is 1.04 bits per heavy atom. The summed E-state index contributed by atoms with van der Waals surface area (Å²) in [6, 6.07) is 12.3. The molecular weight excluding hydrogens is 302 g/mol.